The Morgan fingerprint density at radius 1 is 1.26 bits per heavy atom. The van der Waals surface area contributed by atoms with E-state index in [1.807, 2.05) is 18.4 Å². The average Bonchev–Trinajstić information content (AvgIpc) is 2.59. The third-order valence-electron chi connectivity index (χ3n) is 4.50. The number of likely N-dealkylation sites (tertiary alicyclic amines) is 1. The summed E-state index contributed by atoms with van der Waals surface area (Å²) in [5.41, 5.74) is 0. The van der Waals surface area contributed by atoms with Gasteiger partial charge in [-0.05, 0) is 69.3 Å². The number of rotatable bonds is 8. The summed E-state index contributed by atoms with van der Waals surface area (Å²) < 4.78 is 27.3. The minimum Gasteiger partial charge on any atom is -0.300 e. The maximum Gasteiger partial charge on any atom is 0.240 e. The van der Waals surface area contributed by atoms with E-state index < -0.39 is 10.0 Å². The predicted molar refractivity (Wildman–Crippen MR) is 97.5 cm³/mol. The Labute approximate surface area is 145 Å². The van der Waals surface area contributed by atoms with Crippen LogP contribution >= 0.6 is 11.8 Å². The predicted octanol–water partition coefficient (Wildman–Crippen LogP) is 3.34. The van der Waals surface area contributed by atoms with Gasteiger partial charge in [0.15, 0.2) is 0 Å². The lowest BCUT2D eigenvalue weighted by Crippen LogP contribution is -2.40. The minimum atomic E-state index is -3.39. The molecule has 23 heavy (non-hydrogen) atoms. The fourth-order valence-corrected chi connectivity index (χ4v) is 4.63. The number of benzene rings is 1. The number of nitrogens with one attached hydrogen (secondary N) is 1. The Bertz CT molecular complexity index is 573. The van der Waals surface area contributed by atoms with Gasteiger partial charge in [0.05, 0.1) is 4.90 Å². The number of piperidine rings is 1. The first-order valence-electron chi connectivity index (χ1n) is 8.44. The van der Waals surface area contributed by atoms with E-state index in [-0.39, 0.29) is 0 Å². The Balaban J connectivity index is 1.80. The van der Waals surface area contributed by atoms with Gasteiger partial charge >= 0.3 is 0 Å². The Kier molecular flexibility index (Phi) is 7.40. The van der Waals surface area contributed by atoms with Crippen LogP contribution in [0.2, 0.25) is 0 Å². The zero-order valence-electron chi connectivity index (χ0n) is 14.1. The van der Waals surface area contributed by atoms with Crippen LogP contribution in [0.25, 0.3) is 0 Å². The van der Waals surface area contributed by atoms with Gasteiger partial charge < -0.3 is 4.90 Å². The molecule has 0 aliphatic carbocycles. The highest BCUT2D eigenvalue weighted by Crippen LogP contribution is 2.20. The van der Waals surface area contributed by atoms with E-state index in [2.05, 4.69) is 16.5 Å². The van der Waals surface area contributed by atoms with Crippen molar-refractivity contribution in [3.8, 4) is 0 Å². The van der Waals surface area contributed by atoms with Gasteiger partial charge in [0.25, 0.3) is 0 Å². The fraction of sp³-hybridized carbons (Fsp3) is 0.647. The number of thioether (sulfide) groups is 1. The van der Waals surface area contributed by atoms with Crippen LogP contribution in [-0.2, 0) is 10.0 Å². The third-order valence-corrected chi connectivity index (χ3v) is 6.72. The van der Waals surface area contributed by atoms with Crippen LogP contribution < -0.4 is 4.72 Å². The molecular weight excluding hydrogens is 328 g/mol. The lowest BCUT2D eigenvalue weighted by atomic mass is 10.00. The van der Waals surface area contributed by atoms with E-state index in [1.54, 1.807) is 23.9 Å². The van der Waals surface area contributed by atoms with Gasteiger partial charge in [0, 0.05) is 17.5 Å². The number of hydrogen-bond donors (Lipinski definition) is 1. The van der Waals surface area contributed by atoms with Crippen molar-refractivity contribution in [2.75, 3.05) is 25.9 Å². The second-order valence-electron chi connectivity index (χ2n) is 6.02. The molecule has 1 unspecified atom stereocenters. The molecule has 6 heteroatoms. The lowest BCUT2D eigenvalue weighted by Gasteiger charge is -2.35. The van der Waals surface area contributed by atoms with Gasteiger partial charge in [0.1, 0.15) is 0 Å². The molecular formula is C17H28N2O2S2. The molecule has 4 nitrogen and oxygen atoms in total. The molecule has 1 atom stereocenters. The van der Waals surface area contributed by atoms with Gasteiger partial charge in [0.2, 0.25) is 10.0 Å². The van der Waals surface area contributed by atoms with Crippen molar-refractivity contribution in [3.63, 3.8) is 0 Å². The molecule has 1 aliphatic rings. The monoisotopic (exact) mass is 356 g/mol. The van der Waals surface area contributed by atoms with Crippen LogP contribution in [0, 0.1) is 0 Å². The summed E-state index contributed by atoms with van der Waals surface area (Å²) in [6, 6.07) is 7.72. The molecule has 1 saturated heterocycles. The van der Waals surface area contributed by atoms with Gasteiger partial charge in [-0.15, -0.1) is 11.8 Å². The maximum atomic E-state index is 12.3. The maximum absolute atomic E-state index is 12.3. The van der Waals surface area contributed by atoms with Crippen LogP contribution in [0.15, 0.2) is 34.1 Å². The molecule has 1 aromatic rings. The van der Waals surface area contributed by atoms with E-state index in [4.69, 9.17) is 0 Å². The fourth-order valence-electron chi connectivity index (χ4n) is 3.14. The van der Waals surface area contributed by atoms with Gasteiger partial charge in [-0.3, -0.25) is 0 Å². The Morgan fingerprint density at radius 3 is 2.65 bits per heavy atom. The summed E-state index contributed by atoms with van der Waals surface area (Å²) in [6.07, 6.45) is 7.90. The molecule has 0 bridgehead atoms. The van der Waals surface area contributed by atoms with Crippen LogP contribution in [0.4, 0.5) is 0 Å². The number of sulfonamides is 1. The standard InChI is InChI=1S/C17H28N2O2S2/c1-3-15-7-4-5-13-19(15)14-6-12-18-23(20,21)17-10-8-16(22-2)9-11-17/h8-11,15,18H,3-7,12-14H2,1-2H3. The molecule has 1 aliphatic heterocycles. The van der Waals surface area contributed by atoms with Crippen LogP contribution in [-0.4, -0.2) is 45.2 Å². The molecule has 0 spiro atoms. The van der Waals surface area contributed by atoms with E-state index >= 15 is 0 Å². The van der Waals surface area contributed by atoms with Crippen molar-refractivity contribution < 1.29 is 8.42 Å². The molecule has 130 valence electrons. The molecule has 0 radical (unpaired) electrons. The van der Waals surface area contributed by atoms with Crippen molar-refractivity contribution in [3.05, 3.63) is 24.3 Å². The van der Waals surface area contributed by atoms with E-state index in [0.717, 1.165) is 24.4 Å². The molecule has 1 fully saturated rings. The van der Waals surface area contributed by atoms with Gasteiger partial charge in [-0.2, -0.15) is 0 Å². The highest BCUT2D eigenvalue weighted by molar-refractivity contribution is 7.98. The van der Waals surface area contributed by atoms with Crippen molar-refractivity contribution in [2.45, 2.75) is 54.9 Å². The second-order valence-corrected chi connectivity index (χ2v) is 8.67. The summed E-state index contributed by atoms with van der Waals surface area (Å²) in [5, 5.41) is 0. The summed E-state index contributed by atoms with van der Waals surface area (Å²) in [5.74, 6) is 0. The zero-order valence-corrected chi connectivity index (χ0v) is 15.8. The molecule has 1 heterocycles. The zero-order chi connectivity index (χ0) is 16.7. The summed E-state index contributed by atoms with van der Waals surface area (Å²) in [4.78, 5) is 3.93. The molecule has 1 N–H and O–H groups in total. The highest BCUT2D eigenvalue weighted by atomic mass is 32.2. The lowest BCUT2D eigenvalue weighted by molar-refractivity contribution is 0.143. The Morgan fingerprint density at radius 2 is 2.00 bits per heavy atom. The summed E-state index contributed by atoms with van der Waals surface area (Å²) in [7, 11) is -3.39. The van der Waals surface area contributed by atoms with Gasteiger partial charge in [-0.1, -0.05) is 13.3 Å². The number of hydrogen-bond acceptors (Lipinski definition) is 4. The van der Waals surface area contributed by atoms with E-state index in [9.17, 15) is 8.42 Å². The minimum absolute atomic E-state index is 0.347. The normalized spacial score (nSPS) is 19.8. The second kappa shape index (κ2) is 9.06. The third kappa shape index (κ3) is 5.48. The smallest absolute Gasteiger partial charge is 0.240 e. The Hall–Kier alpha value is -0.560. The quantitative estimate of drug-likeness (QED) is 0.573. The number of nitrogens with zero attached hydrogens (tertiary/aromatic N) is 1. The van der Waals surface area contributed by atoms with E-state index in [1.165, 1.54) is 25.7 Å². The van der Waals surface area contributed by atoms with Gasteiger partial charge in [-0.25, -0.2) is 13.1 Å². The average molecular weight is 357 g/mol. The molecule has 0 saturated carbocycles. The first-order valence-corrected chi connectivity index (χ1v) is 11.2. The first kappa shape index (κ1) is 18.8. The summed E-state index contributed by atoms with van der Waals surface area (Å²) >= 11 is 1.61. The molecule has 1 aromatic carbocycles. The van der Waals surface area contributed by atoms with E-state index in [0.29, 0.717) is 17.5 Å². The topological polar surface area (TPSA) is 49.4 Å². The van der Waals surface area contributed by atoms with Crippen molar-refractivity contribution in [1.82, 2.24) is 9.62 Å². The first-order chi connectivity index (χ1) is 11.1. The van der Waals surface area contributed by atoms with Crippen molar-refractivity contribution in [2.24, 2.45) is 0 Å². The largest absolute Gasteiger partial charge is 0.300 e. The van der Waals surface area contributed by atoms with Crippen molar-refractivity contribution in [1.29, 1.82) is 0 Å². The van der Waals surface area contributed by atoms with Crippen LogP contribution in [0.1, 0.15) is 39.0 Å². The van der Waals surface area contributed by atoms with Crippen LogP contribution in [0.3, 0.4) is 0 Å². The molecule has 0 aromatic heterocycles. The molecule has 0 amide bonds. The van der Waals surface area contributed by atoms with Crippen LogP contribution in [0.5, 0.6) is 0 Å². The highest BCUT2D eigenvalue weighted by Gasteiger charge is 2.20. The summed E-state index contributed by atoms with van der Waals surface area (Å²) in [6.45, 7) is 4.87. The molecule has 2 rings (SSSR count). The van der Waals surface area contributed by atoms with Crippen molar-refractivity contribution >= 4 is 21.8 Å². The SMILES string of the molecule is CCC1CCCCN1CCCNS(=O)(=O)c1ccc(SC)cc1.